The highest BCUT2D eigenvalue weighted by atomic mass is 35.5. The average molecular weight is 388 g/mol. The Kier molecular flexibility index (Phi) is 6.94. The molecule has 1 atom stereocenters. The summed E-state index contributed by atoms with van der Waals surface area (Å²) < 4.78 is 26.8. The molecule has 2 N–H and O–H groups in total. The molecule has 1 aromatic carbocycles. The maximum Gasteiger partial charge on any atom is 0.256 e. The van der Waals surface area contributed by atoms with E-state index in [1.165, 1.54) is 11.0 Å². The van der Waals surface area contributed by atoms with Crippen LogP contribution in [0.1, 0.15) is 36.0 Å². The monoisotopic (exact) mass is 387 g/mol. The van der Waals surface area contributed by atoms with Gasteiger partial charge in [-0.3, -0.25) is 9.59 Å². The molecule has 0 aromatic heterocycles. The van der Waals surface area contributed by atoms with Crippen LogP contribution in [0.25, 0.3) is 0 Å². The summed E-state index contributed by atoms with van der Waals surface area (Å²) in [5.41, 5.74) is 5.80. The summed E-state index contributed by atoms with van der Waals surface area (Å²) >= 11 is 0. The Morgan fingerprint density at radius 2 is 1.73 bits per heavy atom. The predicted molar refractivity (Wildman–Crippen MR) is 96.0 cm³/mol. The molecule has 0 radical (unpaired) electrons. The van der Waals surface area contributed by atoms with Crippen LogP contribution in [0.15, 0.2) is 18.2 Å². The number of piperidine rings is 2. The van der Waals surface area contributed by atoms with Crippen molar-refractivity contribution in [3.8, 4) is 0 Å². The summed E-state index contributed by atoms with van der Waals surface area (Å²) in [6.07, 6.45) is 2.98. The molecule has 0 aliphatic carbocycles. The second kappa shape index (κ2) is 8.77. The Labute approximate surface area is 157 Å². The van der Waals surface area contributed by atoms with Gasteiger partial charge in [0.05, 0.1) is 5.56 Å². The first-order valence-corrected chi connectivity index (χ1v) is 8.74. The lowest BCUT2D eigenvalue weighted by Crippen LogP contribution is -2.50. The standard InChI is InChI=1S/C18H23F2N3O2.ClH/c19-13-3-4-15(16(20)10-13)18(25)22-8-5-12(6-9-22)17(24)23-7-1-2-14(21)11-23;/h3-4,10,12,14H,1-2,5-9,11,21H2;1H. The van der Waals surface area contributed by atoms with Gasteiger partial charge in [-0.2, -0.15) is 0 Å². The molecule has 0 saturated carbocycles. The Bertz CT molecular complexity index is 666. The molecule has 144 valence electrons. The fourth-order valence-electron chi connectivity index (χ4n) is 3.63. The van der Waals surface area contributed by atoms with E-state index < -0.39 is 17.5 Å². The summed E-state index contributed by atoms with van der Waals surface area (Å²) in [5, 5.41) is 0. The van der Waals surface area contributed by atoms with Crippen molar-refractivity contribution in [1.82, 2.24) is 9.80 Å². The highest BCUT2D eigenvalue weighted by Crippen LogP contribution is 2.23. The largest absolute Gasteiger partial charge is 0.341 e. The highest BCUT2D eigenvalue weighted by Gasteiger charge is 2.32. The lowest BCUT2D eigenvalue weighted by Gasteiger charge is -2.37. The van der Waals surface area contributed by atoms with Crippen molar-refractivity contribution in [2.75, 3.05) is 26.2 Å². The van der Waals surface area contributed by atoms with Crippen LogP contribution in [-0.4, -0.2) is 53.8 Å². The first-order chi connectivity index (χ1) is 12.0. The number of nitrogens with two attached hydrogens (primary N) is 1. The van der Waals surface area contributed by atoms with E-state index in [0.717, 1.165) is 25.5 Å². The molecule has 0 spiro atoms. The van der Waals surface area contributed by atoms with Crippen molar-refractivity contribution >= 4 is 24.2 Å². The fraction of sp³-hybridized carbons (Fsp3) is 0.556. The molecular weight excluding hydrogens is 364 g/mol. The van der Waals surface area contributed by atoms with Crippen LogP contribution in [0.5, 0.6) is 0 Å². The third-order valence-corrected chi connectivity index (χ3v) is 5.06. The van der Waals surface area contributed by atoms with Crippen LogP contribution in [-0.2, 0) is 4.79 Å². The molecule has 2 heterocycles. The van der Waals surface area contributed by atoms with Crippen LogP contribution in [0.3, 0.4) is 0 Å². The van der Waals surface area contributed by atoms with Gasteiger partial charge in [-0.25, -0.2) is 8.78 Å². The first-order valence-electron chi connectivity index (χ1n) is 8.74. The molecule has 2 amide bonds. The minimum absolute atomic E-state index is 0. The van der Waals surface area contributed by atoms with E-state index in [4.69, 9.17) is 5.73 Å². The topological polar surface area (TPSA) is 66.6 Å². The third kappa shape index (κ3) is 4.51. The lowest BCUT2D eigenvalue weighted by molar-refractivity contribution is -0.138. The second-order valence-electron chi connectivity index (χ2n) is 6.88. The molecule has 8 heteroatoms. The van der Waals surface area contributed by atoms with Crippen molar-refractivity contribution in [2.24, 2.45) is 11.7 Å². The molecule has 2 aliphatic rings. The number of carbonyl (C=O) groups is 2. The zero-order chi connectivity index (χ0) is 18.0. The van der Waals surface area contributed by atoms with Crippen molar-refractivity contribution < 1.29 is 18.4 Å². The Morgan fingerprint density at radius 1 is 1.04 bits per heavy atom. The van der Waals surface area contributed by atoms with Gasteiger partial charge in [0.2, 0.25) is 5.91 Å². The Balaban J connectivity index is 0.00000243. The fourth-order valence-corrected chi connectivity index (χ4v) is 3.63. The lowest BCUT2D eigenvalue weighted by atomic mass is 9.93. The summed E-state index contributed by atoms with van der Waals surface area (Å²) in [5.74, 6) is -2.03. The molecule has 2 aliphatic heterocycles. The number of rotatable bonds is 2. The van der Waals surface area contributed by atoms with E-state index in [2.05, 4.69) is 0 Å². The van der Waals surface area contributed by atoms with Gasteiger partial charge in [0.25, 0.3) is 5.91 Å². The van der Waals surface area contributed by atoms with E-state index >= 15 is 0 Å². The van der Waals surface area contributed by atoms with Gasteiger partial charge in [0.1, 0.15) is 11.6 Å². The first kappa shape index (κ1) is 20.6. The van der Waals surface area contributed by atoms with Crippen LogP contribution in [0.2, 0.25) is 0 Å². The summed E-state index contributed by atoms with van der Waals surface area (Å²) in [7, 11) is 0. The summed E-state index contributed by atoms with van der Waals surface area (Å²) in [4.78, 5) is 28.4. The van der Waals surface area contributed by atoms with Crippen LogP contribution < -0.4 is 5.73 Å². The van der Waals surface area contributed by atoms with Gasteiger partial charge in [-0.15, -0.1) is 12.4 Å². The smallest absolute Gasteiger partial charge is 0.256 e. The van der Waals surface area contributed by atoms with Crippen LogP contribution >= 0.6 is 12.4 Å². The second-order valence-corrected chi connectivity index (χ2v) is 6.88. The zero-order valence-electron chi connectivity index (χ0n) is 14.5. The van der Waals surface area contributed by atoms with Crippen LogP contribution in [0, 0.1) is 17.6 Å². The summed E-state index contributed by atoms with van der Waals surface area (Å²) in [6.45, 7) is 2.13. The number of amides is 2. The molecule has 2 saturated heterocycles. The minimum atomic E-state index is -0.856. The quantitative estimate of drug-likeness (QED) is 0.845. The van der Waals surface area contributed by atoms with Gasteiger partial charge < -0.3 is 15.5 Å². The van der Waals surface area contributed by atoms with Crippen molar-refractivity contribution in [3.05, 3.63) is 35.4 Å². The normalized spacial score (nSPS) is 21.3. The highest BCUT2D eigenvalue weighted by molar-refractivity contribution is 5.94. The molecule has 26 heavy (non-hydrogen) atoms. The van der Waals surface area contributed by atoms with E-state index in [-0.39, 0.29) is 35.8 Å². The summed E-state index contributed by atoms with van der Waals surface area (Å²) in [6, 6.07) is 3.00. The van der Waals surface area contributed by atoms with Gasteiger partial charge in [0, 0.05) is 44.2 Å². The van der Waals surface area contributed by atoms with Gasteiger partial charge in [0.15, 0.2) is 0 Å². The molecule has 1 aromatic rings. The van der Waals surface area contributed by atoms with Crippen molar-refractivity contribution in [2.45, 2.75) is 31.7 Å². The maximum atomic E-state index is 13.8. The van der Waals surface area contributed by atoms with E-state index in [1.54, 1.807) is 0 Å². The molecule has 3 rings (SSSR count). The number of carbonyl (C=O) groups excluding carboxylic acids is 2. The van der Waals surface area contributed by atoms with Gasteiger partial charge in [-0.05, 0) is 37.8 Å². The molecule has 5 nitrogen and oxygen atoms in total. The van der Waals surface area contributed by atoms with E-state index in [1.807, 2.05) is 4.90 Å². The zero-order valence-corrected chi connectivity index (χ0v) is 15.3. The maximum absolute atomic E-state index is 13.8. The van der Waals surface area contributed by atoms with Gasteiger partial charge >= 0.3 is 0 Å². The SMILES string of the molecule is Cl.NC1CCCN(C(=O)C2CCN(C(=O)c3ccc(F)cc3F)CC2)C1. The number of hydrogen-bond acceptors (Lipinski definition) is 3. The number of nitrogens with zero attached hydrogens (tertiary/aromatic N) is 2. The Hall–Kier alpha value is -1.73. The third-order valence-electron chi connectivity index (χ3n) is 5.06. The number of likely N-dealkylation sites (tertiary alicyclic amines) is 2. The number of hydrogen-bond donors (Lipinski definition) is 1. The number of halogens is 3. The molecular formula is C18H24ClF2N3O2. The molecule has 0 bridgehead atoms. The van der Waals surface area contributed by atoms with Crippen LogP contribution in [0.4, 0.5) is 8.78 Å². The van der Waals surface area contributed by atoms with Crippen molar-refractivity contribution in [3.63, 3.8) is 0 Å². The average Bonchev–Trinajstić information content (AvgIpc) is 2.61. The Morgan fingerprint density at radius 3 is 2.35 bits per heavy atom. The molecule has 1 unspecified atom stereocenters. The van der Waals surface area contributed by atoms with E-state index in [0.29, 0.717) is 38.5 Å². The minimum Gasteiger partial charge on any atom is -0.341 e. The van der Waals surface area contributed by atoms with Gasteiger partial charge in [-0.1, -0.05) is 0 Å². The predicted octanol–water partition coefficient (Wildman–Crippen LogP) is 2.19. The molecule has 2 fully saturated rings. The number of benzene rings is 1. The van der Waals surface area contributed by atoms with E-state index in [9.17, 15) is 18.4 Å². The van der Waals surface area contributed by atoms with Crippen molar-refractivity contribution in [1.29, 1.82) is 0 Å².